The van der Waals surface area contributed by atoms with E-state index in [-0.39, 0.29) is 25.2 Å². The van der Waals surface area contributed by atoms with E-state index in [4.69, 9.17) is 16.3 Å². The second-order valence-corrected chi connectivity index (χ2v) is 10.5. The third-order valence-electron chi connectivity index (χ3n) is 7.86. The second-order valence-electron chi connectivity index (χ2n) is 10.1. The lowest BCUT2D eigenvalue weighted by atomic mass is 10.0. The molecule has 2 aliphatic heterocycles. The van der Waals surface area contributed by atoms with Crippen LogP contribution in [0.1, 0.15) is 25.3 Å². The summed E-state index contributed by atoms with van der Waals surface area (Å²) in [6, 6.07) is 13.2. The number of carbonyl (C=O) groups excluding carboxylic acids is 1. The van der Waals surface area contributed by atoms with Gasteiger partial charge in [-0.05, 0) is 43.9 Å². The number of amides is 2. The van der Waals surface area contributed by atoms with Crippen LogP contribution in [0.3, 0.4) is 0 Å². The minimum atomic E-state index is -0.395. The highest BCUT2D eigenvalue weighted by molar-refractivity contribution is 6.32. The zero-order valence-corrected chi connectivity index (χ0v) is 23.6. The highest BCUT2D eigenvalue weighted by Gasteiger charge is 2.30. The third-order valence-corrected chi connectivity index (χ3v) is 8.16. The molecule has 1 aromatic heterocycles. The van der Waals surface area contributed by atoms with Crippen LogP contribution in [-0.4, -0.2) is 57.8 Å². The first-order valence-electron chi connectivity index (χ1n) is 13.6. The first-order chi connectivity index (χ1) is 19.3. The Kier molecular flexibility index (Phi) is 8.02. The summed E-state index contributed by atoms with van der Waals surface area (Å²) in [5.41, 5.74) is 2.88. The number of nitrogens with zero attached hydrogens (tertiary/aromatic N) is 4. The summed E-state index contributed by atoms with van der Waals surface area (Å²) in [6.07, 6.45) is 3.99. The number of halogens is 1. The summed E-state index contributed by atoms with van der Waals surface area (Å²) < 4.78 is 8.21. The summed E-state index contributed by atoms with van der Waals surface area (Å²) >= 11 is 6.32. The molecule has 1 saturated heterocycles. The summed E-state index contributed by atoms with van der Waals surface area (Å²) in [5.74, 6) is 0.385. The number of hydrogen-bond acceptors (Lipinski definition) is 5. The van der Waals surface area contributed by atoms with Crippen molar-refractivity contribution < 1.29 is 9.53 Å². The van der Waals surface area contributed by atoms with Crippen molar-refractivity contribution in [3.8, 4) is 16.9 Å². The van der Waals surface area contributed by atoms with Gasteiger partial charge < -0.3 is 19.9 Å². The largest absolute Gasteiger partial charge is 0.495 e. The Morgan fingerprint density at radius 1 is 1.05 bits per heavy atom. The van der Waals surface area contributed by atoms with Crippen LogP contribution >= 0.6 is 11.6 Å². The van der Waals surface area contributed by atoms with E-state index in [1.54, 1.807) is 31.3 Å². The molecule has 10 heteroatoms. The minimum absolute atomic E-state index is 0.0559. The number of aromatic nitrogens is 2. The van der Waals surface area contributed by atoms with Crippen molar-refractivity contribution in [3.63, 3.8) is 0 Å². The molecular formula is C30H34ClN5O4. The van der Waals surface area contributed by atoms with Crippen molar-refractivity contribution in [2.24, 2.45) is 0 Å². The van der Waals surface area contributed by atoms with E-state index in [1.807, 2.05) is 23.1 Å². The fraction of sp³-hybridized carbons (Fsp3) is 0.367. The van der Waals surface area contributed by atoms with Crippen molar-refractivity contribution >= 4 is 23.3 Å². The van der Waals surface area contributed by atoms with Crippen molar-refractivity contribution in [1.29, 1.82) is 0 Å². The molecule has 0 saturated carbocycles. The second kappa shape index (κ2) is 11.6. The molecule has 40 heavy (non-hydrogen) atoms. The van der Waals surface area contributed by atoms with E-state index in [1.165, 1.54) is 16.2 Å². The number of methoxy groups -OCH3 is 1. The van der Waals surface area contributed by atoms with Gasteiger partial charge in [-0.15, -0.1) is 0 Å². The number of rotatable bonds is 7. The number of carbonyl (C=O) groups is 1. The first kappa shape index (κ1) is 27.6. The van der Waals surface area contributed by atoms with Crippen molar-refractivity contribution in [1.82, 2.24) is 18.9 Å². The molecule has 210 valence electrons. The highest BCUT2D eigenvalue weighted by Crippen LogP contribution is 2.34. The molecule has 0 unspecified atom stereocenters. The summed E-state index contributed by atoms with van der Waals surface area (Å²) in [7, 11) is 1.50. The number of para-hydroxylation sites is 2. The van der Waals surface area contributed by atoms with Crippen LogP contribution in [0.4, 0.5) is 10.5 Å². The molecule has 2 amide bonds. The molecule has 2 aromatic carbocycles. The molecule has 9 nitrogen and oxygen atoms in total. The molecule has 3 aromatic rings. The predicted octanol–water partition coefficient (Wildman–Crippen LogP) is 4.43. The van der Waals surface area contributed by atoms with Gasteiger partial charge in [0.1, 0.15) is 5.75 Å². The molecule has 0 radical (unpaired) electrons. The average Bonchev–Trinajstić information content (AvgIpc) is 3.12. The lowest BCUT2D eigenvalue weighted by Crippen LogP contribution is -2.49. The van der Waals surface area contributed by atoms with E-state index in [0.29, 0.717) is 28.4 Å². The van der Waals surface area contributed by atoms with Crippen molar-refractivity contribution in [3.05, 3.63) is 92.4 Å². The van der Waals surface area contributed by atoms with E-state index in [2.05, 4.69) is 22.9 Å². The fourth-order valence-corrected chi connectivity index (χ4v) is 5.94. The maximum absolute atomic E-state index is 13.2. The van der Waals surface area contributed by atoms with E-state index in [0.717, 1.165) is 49.3 Å². The summed E-state index contributed by atoms with van der Waals surface area (Å²) in [6.45, 7) is 8.63. The van der Waals surface area contributed by atoms with Gasteiger partial charge in [-0.1, -0.05) is 48.5 Å². The van der Waals surface area contributed by atoms with Gasteiger partial charge in [0.05, 0.1) is 24.2 Å². The summed E-state index contributed by atoms with van der Waals surface area (Å²) in [4.78, 5) is 43.5. The SMILES string of the molecule is C=C(Cn1cc(-c2cccc(Cl)c2OC)c(=O)n(CC)c1=O)N1CCC(N2CCc3ccccc3NC2=O)CC1. The number of piperidine rings is 1. The van der Waals surface area contributed by atoms with E-state index < -0.39 is 11.2 Å². The Balaban J connectivity index is 1.31. The quantitative estimate of drug-likeness (QED) is 0.459. The Morgan fingerprint density at radius 2 is 1.80 bits per heavy atom. The first-order valence-corrected chi connectivity index (χ1v) is 14.0. The van der Waals surface area contributed by atoms with Crippen LogP contribution < -0.4 is 21.3 Å². The number of benzene rings is 2. The number of urea groups is 1. The predicted molar refractivity (Wildman–Crippen MR) is 157 cm³/mol. The van der Waals surface area contributed by atoms with Gasteiger partial charge in [-0.2, -0.15) is 0 Å². The normalized spacial score (nSPS) is 15.8. The molecular weight excluding hydrogens is 530 g/mol. The number of fused-ring (bicyclic) bond motifs is 1. The van der Waals surface area contributed by atoms with Gasteiger partial charge in [0.2, 0.25) is 0 Å². The van der Waals surface area contributed by atoms with E-state index in [9.17, 15) is 14.4 Å². The van der Waals surface area contributed by atoms with Crippen LogP contribution in [0.25, 0.3) is 11.1 Å². The Morgan fingerprint density at radius 3 is 2.52 bits per heavy atom. The molecule has 0 aliphatic carbocycles. The molecule has 0 bridgehead atoms. The van der Waals surface area contributed by atoms with Crippen LogP contribution in [0.15, 0.2) is 70.5 Å². The van der Waals surface area contributed by atoms with Gasteiger partial charge in [-0.25, -0.2) is 9.59 Å². The maximum atomic E-state index is 13.2. The average molecular weight is 564 g/mol. The van der Waals surface area contributed by atoms with Crippen molar-refractivity contribution in [2.75, 3.05) is 32.1 Å². The lowest BCUT2D eigenvalue weighted by molar-refractivity contribution is 0.142. The smallest absolute Gasteiger partial charge is 0.331 e. The van der Waals surface area contributed by atoms with Gasteiger partial charge in [0.25, 0.3) is 5.56 Å². The summed E-state index contributed by atoms with van der Waals surface area (Å²) in [5, 5.41) is 3.44. The number of hydrogen-bond donors (Lipinski definition) is 1. The van der Waals surface area contributed by atoms with Crippen LogP contribution in [-0.2, 0) is 19.5 Å². The highest BCUT2D eigenvalue weighted by atomic mass is 35.5. The third kappa shape index (κ3) is 5.25. The standard InChI is InChI=1S/C30H34ClN5O4/c1-4-35-28(37)24(23-9-7-10-25(31)27(23)40-3)19-34(30(35)39)18-20(2)33-15-13-22(14-16-33)36-17-12-21-8-5-6-11-26(21)32-29(36)38/h5-11,19,22H,2,4,12-18H2,1,3H3,(H,32,38). The molecule has 2 aliphatic rings. The molecule has 0 atom stereocenters. The molecule has 0 spiro atoms. The van der Waals surface area contributed by atoms with Gasteiger partial charge >= 0.3 is 11.7 Å². The Hall–Kier alpha value is -3.98. The number of ether oxygens (including phenoxy) is 1. The minimum Gasteiger partial charge on any atom is -0.495 e. The molecule has 1 fully saturated rings. The molecule has 3 heterocycles. The monoisotopic (exact) mass is 563 g/mol. The number of allylic oxidation sites excluding steroid dienone is 1. The van der Waals surface area contributed by atoms with Crippen LogP contribution in [0, 0.1) is 0 Å². The molecule has 5 rings (SSSR count). The molecule has 1 N–H and O–H groups in total. The van der Waals surface area contributed by atoms with Gasteiger partial charge in [0, 0.05) is 55.4 Å². The zero-order valence-electron chi connectivity index (χ0n) is 22.9. The lowest BCUT2D eigenvalue weighted by Gasteiger charge is -2.39. The topological polar surface area (TPSA) is 88.8 Å². The van der Waals surface area contributed by atoms with Crippen LogP contribution in [0.5, 0.6) is 5.75 Å². The van der Waals surface area contributed by atoms with Crippen molar-refractivity contribution in [2.45, 2.75) is 45.3 Å². The number of likely N-dealkylation sites (tertiary alicyclic amines) is 1. The maximum Gasteiger partial charge on any atom is 0.331 e. The van der Waals surface area contributed by atoms with E-state index >= 15 is 0 Å². The fourth-order valence-electron chi connectivity index (χ4n) is 5.69. The Bertz CT molecular complexity index is 1550. The van der Waals surface area contributed by atoms with Crippen LogP contribution in [0.2, 0.25) is 5.02 Å². The van der Waals surface area contributed by atoms with Gasteiger partial charge in [0.15, 0.2) is 0 Å². The Labute approximate surface area is 238 Å². The van der Waals surface area contributed by atoms with Gasteiger partial charge in [-0.3, -0.25) is 13.9 Å². The number of anilines is 1. The zero-order chi connectivity index (χ0) is 28.4. The number of nitrogens with one attached hydrogen (secondary N) is 1.